The molecule has 0 amide bonds. The van der Waals surface area contributed by atoms with Crippen LogP contribution in [0.2, 0.25) is 0 Å². The molecule has 4 aromatic carbocycles. The van der Waals surface area contributed by atoms with Crippen LogP contribution in [0.1, 0.15) is 27.4 Å². The predicted octanol–water partition coefficient (Wildman–Crippen LogP) is 5.43. The molecule has 32 heavy (non-hydrogen) atoms. The highest BCUT2D eigenvalue weighted by Crippen LogP contribution is 2.53. The molecule has 0 aliphatic carbocycles. The summed E-state index contributed by atoms with van der Waals surface area (Å²) in [6, 6.07) is 34.4. The number of ether oxygens (including phenoxy) is 1. The average Bonchev–Trinajstić information content (AvgIpc) is 3.17. The van der Waals surface area contributed by atoms with Gasteiger partial charge in [-0.2, -0.15) is 5.26 Å². The largest absolute Gasteiger partial charge is 0.458 e. The van der Waals surface area contributed by atoms with E-state index in [2.05, 4.69) is 6.07 Å². The fourth-order valence-electron chi connectivity index (χ4n) is 4.65. The number of fused-ring (bicyclic) bond motifs is 1. The highest BCUT2D eigenvalue weighted by Gasteiger charge is 2.57. The highest BCUT2D eigenvalue weighted by atomic mass is 16.5. The number of nitrogens with two attached hydrogens (primary N) is 1. The zero-order valence-corrected chi connectivity index (χ0v) is 17.2. The normalized spacial score (nSPS) is 20.0. The molecule has 4 heteroatoms. The molecule has 154 valence electrons. The van der Waals surface area contributed by atoms with Crippen molar-refractivity contribution in [2.75, 3.05) is 0 Å². The number of rotatable bonds is 4. The third kappa shape index (κ3) is 2.87. The van der Waals surface area contributed by atoms with Gasteiger partial charge in [-0.05, 0) is 16.3 Å². The van der Waals surface area contributed by atoms with Crippen molar-refractivity contribution in [2.24, 2.45) is 5.73 Å². The van der Waals surface area contributed by atoms with Gasteiger partial charge in [0.2, 0.25) is 17.3 Å². The summed E-state index contributed by atoms with van der Waals surface area (Å²) in [6.45, 7) is 0. The molecule has 1 aliphatic heterocycles. The molecule has 0 saturated carbocycles. The molecule has 0 radical (unpaired) electrons. The topological polar surface area (TPSA) is 76.1 Å². The summed E-state index contributed by atoms with van der Waals surface area (Å²) in [5, 5.41) is 12.1. The standard InChI is InChI=1S/C28H20N2O2/c29-18-24-25(23-17-9-13-19-10-7-8-16-22(19)23)28(32-27(24)30,21-14-5-2-6-15-21)26(31)20-11-3-1-4-12-20/h1-17,25H,30H2/t25-,28-/m0/s1. The Morgan fingerprint density at radius 2 is 1.47 bits per heavy atom. The van der Waals surface area contributed by atoms with E-state index in [1.54, 1.807) is 12.1 Å². The summed E-state index contributed by atoms with van der Waals surface area (Å²) >= 11 is 0. The van der Waals surface area contributed by atoms with Crippen LogP contribution in [0.25, 0.3) is 10.8 Å². The Hall–Kier alpha value is -4.36. The van der Waals surface area contributed by atoms with Crippen molar-refractivity contribution in [2.45, 2.75) is 11.5 Å². The number of carbonyl (C=O) groups is 1. The van der Waals surface area contributed by atoms with Gasteiger partial charge in [-0.15, -0.1) is 0 Å². The Labute approximate surface area is 186 Å². The highest BCUT2D eigenvalue weighted by molar-refractivity contribution is 6.05. The second-order valence-electron chi connectivity index (χ2n) is 7.79. The molecular formula is C28H20N2O2. The smallest absolute Gasteiger partial charge is 0.212 e. The van der Waals surface area contributed by atoms with E-state index in [0.29, 0.717) is 11.1 Å². The Balaban J connectivity index is 1.85. The first-order chi connectivity index (χ1) is 15.7. The van der Waals surface area contributed by atoms with E-state index in [9.17, 15) is 10.1 Å². The summed E-state index contributed by atoms with van der Waals surface area (Å²) in [5.74, 6) is -0.956. The number of Topliss-reactive ketones (excluding diaryl/α,β-unsaturated/α-hetero) is 1. The van der Waals surface area contributed by atoms with Crippen molar-refractivity contribution in [1.82, 2.24) is 0 Å². The molecule has 2 atom stereocenters. The van der Waals surface area contributed by atoms with Crippen LogP contribution in [0.3, 0.4) is 0 Å². The first-order valence-corrected chi connectivity index (χ1v) is 10.4. The zero-order chi connectivity index (χ0) is 22.1. The maximum atomic E-state index is 14.2. The summed E-state index contributed by atoms with van der Waals surface area (Å²) < 4.78 is 6.26. The van der Waals surface area contributed by atoms with E-state index in [1.807, 2.05) is 91.0 Å². The van der Waals surface area contributed by atoms with Crippen LogP contribution in [-0.2, 0) is 10.3 Å². The van der Waals surface area contributed by atoms with Gasteiger partial charge in [0.05, 0.1) is 5.92 Å². The number of carbonyl (C=O) groups excluding carboxylic acids is 1. The van der Waals surface area contributed by atoms with Gasteiger partial charge in [-0.3, -0.25) is 4.79 Å². The first kappa shape index (κ1) is 19.6. The molecule has 0 saturated heterocycles. The van der Waals surface area contributed by atoms with Crippen molar-refractivity contribution in [1.29, 1.82) is 5.26 Å². The van der Waals surface area contributed by atoms with Gasteiger partial charge in [-0.25, -0.2) is 0 Å². The second kappa shape index (κ2) is 7.72. The van der Waals surface area contributed by atoms with Crippen LogP contribution in [-0.4, -0.2) is 5.78 Å². The van der Waals surface area contributed by atoms with Crippen molar-refractivity contribution in [3.8, 4) is 6.07 Å². The van der Waals surface area contributed by atoms with E-state index in [4.69, 9.17) is 10.5 Å². The van der Waals surface area contributed by atoms with Crippen LogP contribution in [0, 0.1) is 11.3 Å². The Kier molecular flexibility index (Phi) is 4.73. The number of nitriles is 1. The minimum Gasteiger partial charge on any atom is -0.458 e. The third-order valence-electron chi connectivity index (χ3n) is 6.06. The Morgan fingerprint density at radius 1 is 0.844 bits per heavy atom. The monoisotopic (exact) mass is 416 g/mol. The molecule has 5 rings (SSSR count). The second-order valence-corrected chi connectivity index (χ2v) is 7.79. The van der Waals surface area contributed by atoms with Crippen LogP contribution in [0.15, 0.2) is 115 Å². The van der Waals surface area contributed by atoms with Crippen molar-refractivity contribution in [3.63, 3.8) is 0 Å². The Morgan fingerprint density at radius 3 is 2.19 bits per heavy atom. The molecular weight excluding hydrogens is 396 g/mol. The van der Waals surface area contributed by atoms with Crippen LogP contribution >= 0.6 is 0 Å². The van der Waals surface area contributed by atoms with Gasteiger partial charge in [0.15, 0.2) is 0 Å². The van der Waals surface area contributed by atoms with Gasteiger partial charge in [0.1, 0.15) is 11.6 Å². The molecule has 2 N–H and O–H groups in total. The maximum absolute atomic E-state index is 14.2. The van der Waals surface area contributed by atoms with E-state index >= 15 is 0 Å². The summed E-state index contributed by atoms with van der Waals surface area (Å²) in [6.07, 6.45) is 0. The van der Waals surface area contributed by atoms with Crippen molar-refractivity contribution in [3.05, 3.63) is 131 Å². The van der Waals surface area contributed by atoms with E-state index in [0.717, 1.165) is 16.3 Å². The molecule has 1 heterocycles. The van der Waals surface area contributed by atoms with Gasteiger partial charge in [0.25, 0.3) is 0 Å². The molecule has 4 nitrogen and oxygen atoms in total. The van der Waals surface area contributed by atoms with E-state index in [-0.39, 0.29) is 17.2 Å². The van der Waals surface area contributed by atoms with Crippen molar-refractivity contribution >= 4 is 16.6 Å². The number of hydrogen-bond acceptors (Lipinski definition) is 4. The van der Waals surface area contributed by atoms with E-state index in [1.165, 1.54) is 0 Å². The van der Waals surface area contributed by atoms with Gasteiger partial charge in [0, 0.05) is 11.1 Å². The third-order valence-corrected chi connectivity index (χ3v) is 6.06. The average molecular weight is 416 g/mol. The lowest BCUT2D eigenvalue weighted by molar-refractivity contribution is 0.0137. The molecule has 4 aromatic rings. The number of benzene rings is 4. The van der Waals surface area contributed by atoms with Gasteiger partial charge < -0.3 is 10.5 Å². The molecule has 0 unspecified atom stereocenters. The summed E-state index contributed by atoms with van der Waals surface area (Å²) in [7, 11) is 0. The van der Waals surface area contributed by atoms with Crippen LogP contribution in [0.5, 0.6) is 0 Å². The lowest BCUT2D eigenvalue weighted by atomic mass is 9.70. The molecule has 0 spiro atoms. The molecule has 1 aliphatic rings. The predicted molar refractivity (Wildman–Crippen MR) is 123 cm³/mol. The molecule has 0 aromatic heterocycles. The lowest BCUT2D eigenvalue weighted by Gasteiger charge is -2.35. The maximum Gasteiger partial charge on any atom is 0.212 e. The summed E-state index contributed by atoms with van der Waals surface area (Å²) in [4.78, 5) is 14.2. The van der Waals surface area contributed by atoms with Gasteiger partial charge >= 0.3 is 0 Å². The molecule has 0 bridgehead atoms. The fraction of sp³-hybridized carbons (Fsp3) is 0.0714. The van der Waals surface area contributed by atoms with Crippen LogP contribution in [0.4, 0.5) is 0 Å². The van der Waals surface area contributed by atoms with E-state index < -0.39 is 11.5 Å². The summed E-state index contributed by atoms with van der Waals surface area (Å²) in [5.41, 5.74) is 7.01. The fourth-order valence-corrected chi connectivity index (χ4v) is 4.65. The molecule has 0 fully saturated rings. The lowest BCUT2D eigenvalue weighted by Crippen LogP contribution is -2.42. The SMILES string of the molecule is N#CC1=C(N)O[C@@](C(=O)c2ccccc2)(c2ccccc2)[C@H]1c1cccc2ccccc12. The Bertz CT molecular complexity index is 1380. The minimum absolute atomic E-state index is 0.0152. The number of nitrogens with zero attached hydrogens (tertiary/aromatic N) is 1. The van der Waals surface area contributed by atoms with Gasteiger partial charge in [-0.1, -0.05) is 103 Å². The first-order valence-electron chi connectivity index (χ1n) is 10.4. The number of hydrogen-bond donors (Lipinski definition) is 1. The number of ketones is 1. The van der Waals surface area contributed by atoms with Crippen LogP contribution < -0.4 is 5.73 Å². The zero-order valence-electron chi connectivity index (χ0n) is 17.2. The van der Waals surface area contributed by atoms with Crippen molar-refractivity contribution < 1.29 is 9.53 Å². The quantitative estimate of drug-likeness (QED) is 0.450. The minimum atomic E-state index is -1.50.